The van der Waals surface area contributed by atoms with Crippen LogP contribution in [-0.2, 0) is 9.59 Å². The Morgan fingerprint density at radius 2 is 1.85 bits per heavy atom. The minimum absolute atomic E-state index is 0.0742. The van der Waals surface area contributed by atoms with E-state index in [1.165, 1.54) is 0 Å². The molecular weight excluding hydrogens is 366 g/mol. The second-order valence-electron chi connectivity index (χ2n) is 5.85. The van der Waals surface area contributed by atoms with E-state index in [-0.39, 0.29) is 18.2 Å². The normalized spacial score (nSPS) is 12.3. The Bertz CT molecular complexity index is 868. The maximum absolute atomic E-state index is 12.3. The van der Waals surface area contributed by atoms with E-state index < -0.39 is 12.1 Å². The van der Waals surface area contributed by atoms with E-state index in [0.717, 1.165) is 5.56 Å². The van der Waals surface area contributed by atoms with Crippen molar-refractivity contribution >= 4 is 29.2 Å². The number of carboxylic acid groups (broad SMARTS) is 1. The highest BCUT2D eigenvalue weighted by Gasteiger charge is 2.17. The zero-order valence-corrected chi connectivity index (χ0v) is 15.8. The molecule has 2 aromatic rings. The van der Waals surface area contributed by atoms with Crippen molar-refractivity contribution < 1.29 is 19.4 Å². The van der Waals surface area contributed by atoms with Gasteiger partial charge in [-0.2, -0.15) is 0 Å². The SMILES string of the molecule is CC#CC(CC(=O)O)c1ccc(NC(=O)C(C)Oc2ccccc2Cl)cc1. The van der Waals surface area contributed by atoms with Crippen molar-refractivity contribution in [2.24, 2.45) is 0 Å². The quantitative estimate of drug-likeness (QED) is 0.695. The first-order valence-electron chi connectivity index (χ1n) is 8.36. The van der Waals surface area contributed by atoms with Crippen LogP contribution in [0.4, 0.5) is 5.69 Å². The van der Waals surface area contributed by atoms with Gasteiger partial charge in [0.25, 0.3) is 5.91 Å². The molecule has 0 aliphatic heterocycles. The molecule has 0 spiro atoms. The number of hydrogen-bond acceptors (Lipinski definition) is 3. The number of aliphatic carboxylic acids is 1. The van der Waals surface area contributed by atoms with Gasteiger partial charge in [0.05, 0.1) is 17.4 Å². The van der Waals surface area contributed by atoms with Crippen molar-refractivity contribution in [3.8, 4) is 17.6 Å². The monoisotopic (exact) mass is 385 g/mol. The number of carbonyl (C=O) groups excluding carboxylic acids is 1. The Balaban J connectivity index is 2.02. The maximum Gasteiger partial charge on any atom is 0.304 e. The number of carboxylic acids is 1. The van der Waals surface area contributed by atoms with Crippen LogP contribution in [0.5, 0.6) is 5.75 Å². The highest BCUT2D eigenvalue weighted by atomic mass is 35.5. The molecule has 1 amide bonds. The summed E-state index contributed by atoms with van der Waals surface area (Å²) in [6.45, 7) is 3.30. The van der Waals surface area contributed by atoms with Crippen LogP contribution >= 0.6 is 11.6 Å². The summed E-state index contributed by atoms with van der Waals surface area (Å²) in [5.74, 6) is 4.46. The molecule has 0 aliphatic rings. The Labute approximate surface area is 163 Å². The van der Waals surface area contributed by atoms with Gasteiger partial charge in [-0.25, -0.2) is 0 Å². The molecule has 5 nitrogen and oxygen atoms in total. The fourth-order valence-electron chi connectivity index (χ4n) is 2.43. The lowest BCUT2D eigenvalue weighted by atomic mass is 9.96. The van der Waals surface area contributed by atoms with Gasteiger partial charge in [0.2, 0.25) is 0 Å². The van der Waals surface area contributed by atoms with Crippen LogP contribution in [0.1, 0.15) is 31.7 Å². The first-order chi connectivity index (χ1) is 12.9. The molecule has 0 heterocycles. The Morgan fingerprint density at radius 1 is 1.19 bits per heavy atom. The van der Waals surface area contributed by atoms with Gasteiger partial charge in [-0.1, -0.05) is 41.8 Å². The van der Waals surface area contributed by atoms with Gasteiger partial charge in [0, 0.05) is 5.69 Å². The molecule has 6 heteroatoms. The Kier molecular flexibility index (Phi) is 7.27. The summed E-state index contributed by atoms with van der Waals surface area (Å²) >= 11 is 6.03. The number of hydrogen-bond donors (Lipinski definition) is 2. The van der Waals surface area contributed by atoms with Crippen molar-refractivity contribution in [2.75, 3.05) is 5.32 Å². The number of benzene rings is 2. The third-order valence-corrected chi connectivity index (χ3v) is 4.10. The van der Waals surface area contributed by atoms with Gasteiger partial charge >= 0.3 is 5.97 Å². The fraction of sp³-hybridized carbons (Fsp3) is 0.238. The van der Waals surface area contributed by atoms with Crippen LogP contribution in [0, 0.1) is 11.8 Å². The van der Waals surface area contributed by atoms with Crippen LogP contribution in [-0.4, -0.2) is 23.1 Å². The van der Waals surface area contributed by atoms with E-state index in [1.807, 2.05) is 0 Å². The molecule has 2 rings (SSSR count). The summed E-state index contributed by atoms with van der Waals surface area (Å²) in [6, 6.07) is 13.9. The van der Waals surface area contributed by atoms with Crippen molar-refractivity contribution in [3.05, 3.63) is 59.1 Å². The number of carbonyl (C=O) groups is 2. The van der Waals surface area contributed by atoms with E-state index in [9.17, 15) is 9.59 Å². The number of nitrogens with one attached hydrogen (secondary N) is 1. The number of amides is 1. The highest BCUT2D eigenvalue weighted by molar-refractivity contribution is 6.32. The van der Waals surface area contributed by atoms with Crippen LogP contribution in [0.25, 0.3) is 0 Å². The molecule has 2 aromatic carbocycles. The van der Waals surface area contributed by atoms with Crippen LogP contribution in [0.2, 0.25) is 5.02 Å². The lowest BCUT2D eigenvalue weighted by Crippen LogP contribution is -2.30. The van der Waals surface area contributed by atoms with E-state index >= 15 is 0 Å². The van der Waals surface area contributed by atoms with E-state index in [2.05, 4.69) is 17.2 Å². The molecule has 0 aromatic heterocycles. The van der Waals surface area contributed by atoms with Crippen molar-refractivity contribution in [2.45, 2.75) is 32.3 Å². The molecule has 2 N–H and O–H groups in total. The molecule has 0 radical (unpaired) electrons. The molecule has 0 aliphatic carbocycles. The summed E-state index contributed by atoms with van der Waals surface area (Å²) in [6.07, 6.45) is -0.815. The second kappa shape index (κ2) is 9.65. The van der Waals surface area contributed by atoms with E-state index in [1.54, 1.807) is 62.4 Å². The van der Waals surface area contributed by atoms with Gasteiger partial charge in [-0.05, 0) is 43.7 Å². The minimum Gasteiger partial charge on any atom is -0.481 e. The standard InChI is InChI=1S/C21H20ClNO4/c1-3-6-16(13-20(24)25)15-9-11-17(12-10-15)23-21(26)14(2)27-19-8-5-4-7-18(19)22/h4-5,7-12,14,16H,13H2,1-2H3,(H,23,26)(H,24,25). The number of rotatable bonds is 7. The molecule has 0 bridgehead atoms. The Morgan fingerprint density at radius 3 is 2.44 bits per heavy atom. The number of anilines is 1. The van der Waals surface area contributed by atoms with Crippen LogP contribution in [0.3, 0.4) is 0 Å². The van der Waals surface area contributed by atoms with Crippen LogP contribution < -0.4 is 10.1 Å². The van der Waals surface area contributed by atoms with Crippen molar-refractivity contribution in [3.63, 3.8) is 0 Å². The Hall–Kier alpha value is -2.97. The lowest BCUT2D eigenvalue weighted by Gasteiger charge is -2.16. The third-order valence-electron chi connectivity index (χ3n) is 3.79. The minimum atomic E-state index is -0.911. The van der Waals surface area contributed by atoms with Gasteiger partial charge in [-0.3, -0.25) is 9.59 Å². The smallest absolute Gasteiger partial charge is 0.304 e. The summed E-state index contributed by atoms with van der Waals surface area (Å²) < 4.78 is 5.59. The molecule has 2 unspecified atom stereocenters. The van der Waals surface area contributed by atoms with Gasteiger partial charge < -0.3 is 15.2 Å². The van der Waals surface area contributed by atoms with Gasteiger partial charge in [-0.15, -0.1) is 5.92 Å². The first kappa shape index (κ1) is 20.3. The number of para-hydroxylation sites is 1. The second-order valence-corrected chi connectivity index (χ2v) is 6.25. The van der Waals surface area contributed by atoms with E-state index in [0.29, 0.717) is 16.5 Å². The third kappa shape index (κ3) is 6.05. The first-order valence-corrected chi connectivity index (χ1v) is 8.74. The predicted molar refractivity (Wildman–Crippen MR) is 105 cm³/mol. The molecular formula is C21H20ClNO4. The van der Waals surface area contributed by atoms with Crippen molar-refractivity contribution in [1.82, 2.24) is 0 Å². The molecule has 2 atom stereocenters. The number of halogens is 1. The predicted octanol–water partition coefficient (Wildman–Crippen LogP) is 4.33. The molecule has 0 saturated carbocycles. The molecule has 27 heavy (non-hydrogen) atoms. The molecule has 140 valence electrons. The average Bonchev–Trinajstić information content (AvgIpc) is 2.63. The highest BCUT2D eigenvalue weighted by Crippen LogP contribution is 2.25. The molecule has 0 fully saturated rings. The fourth-order valence-corrected chi connectivity index (χ4v) is 2.61. The number of ether oxygens (including phenoxy) is 1. The van der Waals surface area contributed by atoms with Crippen molar-refractivity contribution in [1.29, 1.82) is 0 Å². The summed E-state index contributed by atoms with van der Waals surface area (Å²) in [4.78, 5) is 23.3. The lowest BCUT2D eigenvalue weighted by molar-refractivity contribution is -0.137. The summed E-state index contributed by atoms with van der Waals surface area (Å²) in [5, 5.41) is 12.2. The van der Waals surface area contributed by atoms with Gasteiger partial charge in [0.1, 0.15) is 5.75 Å². The van der Waals surface area contributed by atoms with Gasteiger partial charge in [0.15, 0.2) is 6.10 Å². The largest absolute Gasteiger partial charge is 0.481 e. The summed E-state index contributed by atoms with van der Waals surface area (Å²) in [7, 11) is 0. The maximum atomic E-state index is 12.3. The zero-order valence-electron chi connectivity index (χ0n) is 15.0. The molecule has 0 saturated heterocycles. The van der Waals surface area contributed by atoms with E-state index in [4.69, 9.17) is 21.4 Å². The average molecular weight is 386 g/mol. The zero-order chi connectivity index (χ0) is 19.8. The summed E-state index contributed by atoms with van der Waals surface area (Å²) in [5.41, 5.74) is 1.36. The van der Waals surface area contributed by atoms with Crippen LogP contribution in [0.15, 0.2) is 48.5 Å². The topological polar surface area (TPSA) is 75.6 Å².